The third kappa shape index (κ3) is 5.37. The van der Waals surface area contributed by atoms with E-state index in [4.69, 9.17) is 11.5 Å². The first-order chi connectivity index (χ1) is 6.88. The molecule has 0 heterocycles. The van der Waals surface area contributed by atoms with Crippen molar-refractivity contribution < 1.29 is 9.59 Å². The average Bonchev–Trinajstić information content (AvgIpc) is 2.13. The zero-order valence-electron chi connectivity index (χ0n) is 9.69. The van der Waals surface area contributed by atoms with E-state index >= 15 is 0 Å². The first-order valence-electron chi connectivity index (χ1n) is 5.21. The summed E-state index contributed by atoms with van der Waals surface area (Å²) >= 11 is 0. The smallest absolute Gasteiger partial charge is 0.239 e. The van der Waals surface area contributed by atoms with Crippen molar-refractivity contribution in [3.63, 3.8) is 0 Å². The van der Waals surface area contributed by atoms with Crippen molar-refractivity contribution in [1.29, 1.82) is 0 Å². The third-order valence-corrected chi connectivity index (χ3v) is 2.00. The van der Waals surface area contributed by atoms with Gasteiger partial charge in [0.05, 0.1) is 12.6 Å². The van der Waals surface area contributed by atoms with E-state index in [0.29, 0.717) is 13.0 Å². The number of rotatable bonds is 6. The number of carbonyl (C=O) groups is 2. The van der Waals surface area contributed by atoms with Crippen molar-refractivity contribution >= 4 is 11.8 Å². The Morgan fingerprint density at radius 2 is 1.87 bits per heavy atom. The minimum Gasteiger partial charge on any atom is -0.368 e. The maximum atomic E-state index is 11.7. The molecule has 15 heavy (non-hydrogen) atoms. The van der Waals surface area contributed by atoms with Crippen LogP contribution in [0.5, 0.6) is 0 Å². The van der Waals surface area contributed by atoms with Gasteiger partial charge in [0.15, 0.2) is 0 Å². The molecule has 5 heteroatoms. The number of carbonyl (C=O) groups excluding carboxylic acids is 2. The number of hydrogen-bond donors (Lipinski definition) is 2. The molecular formula is C10H21N3O2. The van der Waals surface area contributed by atoms with Gasteiger partial charge in [-0.3, -0.25) is 9.59 Å². The molecule has 1 unspecified atom stereocenters. The standard InChI is InChI=1S/C10H21N3O2/c1-4-8(11)10(15)13(5-7(2)3)6-9(12)14/h7-8H,4-6,11H2,1-3H3,(H2,12,14). The molecule has 0 aromatic carbocycles. The summed E-state index contributed by atoms with van der Waals surface area (Å²) < 4.78 is 0. The predicted octanol–water partition coefficient (Wildman–Crippen LogP) is -0.306. The van der Waals surface area contributed by atoms with E-state index in [9.17, 15) is 9.59 Å². The van der Waals surface area contributed by atoms with E-state index in [2.05, 4.69) is 0 Å². The lowest BCUT2D eigenvalue weighted by Gasteiger charge is -2.25. The Kier molecular flexibility index (Phi) is 5.93. The molecule has 0 saturated heterocycles. The Morgan fingerprint density at radius 3 is 2.20 bits per heavy atom. The molecule has 0 aliphatic rings. The van der Waals surface area contributed by atoms with Crippen LogP contribution in [0.4, 0.5) is 0 Å². The van der Waals surface area contributed by atoms with Gasteiger partial charge in [0.2, 0.25) is 11.8 Å². The van der Waals surface area contributed by atoms with Crippen LogP contribution in [0.25, 0.3) is 0 Å². The fourth-order valence-electron chi connectivity index (χ4n) is 1.27. The number of primary amides is 1. The van der Waals surface area contributed by atoms with Gasteiger partial charge in [-0.1, -0.05) is 20.8 Å². The largest absolute Gasteiger partial charge is 0.368 e. The van der Waals surface area contributed by atoms with Crippen LogP contribution < -0.4 is 11.5 Å². The number of nitrogens with zero attached hydrogens (tertiary/aromatic N) is 1. The van der Waals surface area contributed by atoms with Gasteiger partial charge in [-0.2, -0.15) is 0 Å². The van der Waals surface area contributed by atoms with E-state index in [1.54, 1.807) is 0 Å². The lowest BCUT2D eigenvalue weighted by atomic mass is 10.1. The molecule has 1 atom stereocenters. The fraction of sp³-hybridized carbons (Fsp3) is 0.800. The van der Waals surface area contributed by atoms with Crippen LogP contribution >= 0.6 is 0 Å². The maximum Gasteiger partial charge on any atom is 0.239 e. The second-order valence-electron chi connectivity index (χ2n) is 4.09. The summed E-state index contributed by atoms with van der Waals surface area (Å²) in [5.41, 5.74) is 10.7. The van der Waals surface area contributed by atoms with Gasteiger partial charge in [0, 0.05) is 6.54 Å². The molecular weight excluding hydrogens is 194 g/mol. The molecule has 0 bridgehead atoms. The number of hydrogen-bond acceptors (Lipinski definition) is 3. The SMILES string of the molecule is CCC(N)C(=O)N(CC(N)=O)CC(C)C. The molecule has 0 aromatic heterocycles. The number of nitrogens with two attached hydrogens (primary N) is 2. The Labute approximate surface area is 90.8 Å². The molecule has 0 aliphatic carbocycles. The van der Waals surface area contributed by atoms with E-state index < -0.39 is 11.9 Å². The van der Waals surface area contributed by atoms with E-state index in [1.165, 1.54) is 4.90 Å². The summed E-state index contributed by atoms with van der Waals surface area (Å²) in [5.74, 6) is -0.422. The molecule has 0 aliphatic heterocycles. The highest BCUT2D eigenvalue weighted by atomic mass is 16.2. The minimum atomic E-state index is -0.539. The summed E-state index contributed by atoms with van der Waals surface area (Å²) in [5, 5.41) is 0. The van der Waals surface area contributed by atoms with Crippen LogP contribution in [-0.2, 0) is 9.59 Å². The first kappa shape index (κ1) is 13.9. The molecule has 0 aromatic rings. The molecule has 0 spiro atoms. The normalized spacial score (nSPS) is 12.6. The van der Waals surface area contributed by atoms with Crippen LogP contribution in [0.3, 0.4) is 0 Å². The van der Waals surface area contributed by atoms with E-state index in [1.807, 2.05) is 20.8 Å². The van der Waals surface area contributed by atoms with Gasteiger partial charge in [-0.05, 0) is 12.3 Å². The Bertz CT molecular complexity index is 229. The van der Waals surface area contributed by atoms with Crippen molar-refractivity contribution in [3.05, 3.63) is 0 Å². The van der Waals surface area contributed by atoms with Crippen LogP contribution in [0.1, 0.15) is 27.2 Å². The molecule has 0 rings (SSSR count). The highest BCUT2D eigenvalue weighted by Gasteiger charge is 2.21. The quantitative estimate of drug-likeness (QED) is 0.637. The van der Waals surface area contributed by atoms with Gasteiger partial charge in [-0.15, -0.1) is 0 Å². The molecule has 5 nitrogen and oxygen atoms in total. The monoisotopic (exact) mass is 215 g/mol. The Morgan fingerprint density at radius 1 is 1.33 bits per heavy atom. The van der Waals surface area contributed by atoms with Crippen LogP contribution in [0.2, 0.25) is 0 Å². The molecule has 2 amide bonds. The van der Waals surface area contributed by atoms with Crippen LogP contribution in [-0.4, -0.2) is 35.8 Å². The lowest BCUT2D eigenvalue weighted by Crippen LogP contribution is -2.48. The number of amides is 2. The Hall–Kier alpha value is -1.10. The van der Waals surface area contributed by atoms with Crippen LogP contribution in [0.15, 0.2) is 0 Å². The highest BCUT2D eigenvalue weighted by Crippen LogP contribution is 2.02. The van der Waals surface area contributed by atoms with E-state index in [0.717, 1.165) is 0 Å². The molecule has 88 valence electrons. The fourth-order valence-corrected chi connectivity index (χ4v) is 1.27. The van der Waals surface area contributed by atoms with Crippen molar-refractivity contribution in [3.8, 4) is 0 Å². The van der Waals surface area contributed by atoms with E-state index in [-0.39, 0.29) is 18.4 Å². The van der Waals surface area contributed by atoms with Crippen molar-refractivity contribution in [2.45, 2.75) is 33.2 Å². The highest BCUT2D eigenvalue weighted by molar-refractivity contribution is 5.86. The zero-order chi connectivity index (χ0) is 12.0. The van der Waals surface area contributed by atoms with Gasteiger partial charge in [0.25, 0.3) is 0 Å². The van der Waals surface area contributed by atoms with Crippen LogP contribution in [0, 0.1) is 5.92 Å². The summed E-state index contributed by atoms with van der Waals surface area (Å²) in [6, 6.07) is -0.539. The van der Waals surface area contributed by atoms with Gasteiger partial charge < -0.3 is 16.4 Å². The summed E-state index contributed by atoms with van der Waals surface area (Å²) in [4.78, 5) is 24.0. The predicted molar refractivity (Wildman–Crippen MR) is 58.9 cm³/mol. The summed E-state index contributed by atoms with van der Waals surface area (Å²) in [6.45, 7) is 6.23. The van der Waals surface area contributed by atoms with Gasteiger partial charge in [-0.25, -0.2) is 0 Å². The van der Waals surface area contributed by atoms with Gasteiger partial charge in [0.1, 0.15) is 0 Å². The third-order valence-electron chi connectivity index (χ3n) is 2.00. The van der Waals surface area contributed by atoms with Crippen molar-refractivity contribution in [2.24, 2.45) is 17.4 Å². The summed E-state index contributed by atoms with van der Waals surface area (Å²) in [6.07, 6.45) is 0.562. The molecule has 0 saturated carbocycles. The van der Waals surface area contributed by atoms with Crippen molar-refractivity contribution in [2.75, 3.05) is 13.1 Å². The molecule has 0 radical (unpaired) electrons. The summed E-state index contributed by atoms with van der Waals surface area (Å²) in [7, 11) is 0. The van der Waals surface area contributed by atoms with Gasteiger partial charge >= 0.3 is 0 Å². The topological polar surface area (TPSA) is 89.4 Å². The second kappa shape index (κ2) is 6.40. The lowest BCUT2D eigenvalue weighted by molar-refractivity contribution is -0.136. The molecule has 0 fully saturated rings. The first-order valence-corrected chi connectivity index (χ1v) is 5.21. The molecule has 4 N–H and O–H groups in total. The zero-order valence-corrected chi connectivity index (χ0v) is 9.69. The maximum absolute atomic E-state index is 11.7. The second-order valence-corrected chi connectivity index (χ2v) is 4.09. The minimum absolute atomic E-state index is 0.0509. The van der Waals surface area contributed by atoms with Crippen molar-refractivity contribution in [1.82, 2.24) is 4.90 Å². The Balaban J connectivity index is 4.47. The average molecular weight is 215 g/mol.